The molecule has 7 N–H and O–H groups in total. The number of rotatable bonds is 20. The minimum atomic E-state index is -0.423. The number of benzene rings is 2. The van der Waals surface area contributed by atoms with Gasteiger partial charge >= 0.3 is 0 Å². The molecule has 0 bridgehead atoms. The van der Waals surface area contributed by atoms with Crippen molar-refractivity contribution < 1.29 is 28.3 Å². The van der Waals surface area contributed by atoms with Crippen LogP contribution in [0.25, 0.3) is 0 Å². The Bertz CT molecular complexity index is 2050. The number of nitrogen functional groups attached to an aromatic ring is 2. The van der Waals surface area contributed by atoms with E-state index in [9.17, 15) is 14.4 Å². The minimum absolute atomic E-state index is 0.0245. The van der Waals surface area contributed by atoms with Crippen molar-refractivity contribution in [1.29, 1.82) is 0 Å². The van der Waals surface area contributed by atoms with Gasteiger partial charge in [0, 0.05) is 50.7 Å². The number of aryl methyl sites for hydroxylation is 2. The van der Waals surface area contributed by atoms with E-state index in [0.717, 1.165) is 80.3 Å². The van der Waals surface area contributed by atoms with Crippen molar-refractivity contribution in [2.24, 2.45) is 0 Å². The lowest BCUT2D eigenvalue weighted by atomic mass is 9.99. The number of carbonyl (C=O) groups excluding carboxylic acids is 3. The van der Waals surface area contributed by atoms with E-state index in [1.165, 1.54) is 11.1 Å². The first-order chi connectivity index (χ1) is 29.1. The van der Waals surface area contributed by atoms with E-state index in [1.54, 1.807) is 24.8 Å². The van der Waals surface area contributed by atoms with Gasteiger partial charge in [0.1, 0.15) is 11.5 Å². The molecular formula is C44H52ClN10O5+. The van der Waals surface area contributed by atoms with Crippen molar-refractivity contribution in [1.82, 2.24) is 35.9 Å². The molecule has 0 spiro atoms. The Labute approximate surface area is 354 Å². The van der Waals surface area contributed by atoms with Gasteiger partial charge in [0.15, 0.2) is 35.7 Å². The van der Waals surface area contributed by atoms with Crippen LogP contribution in [0.1, 0.15) is 58.4 Å². The van der Waals surface area contributed by atoms with E-state index in [0.29, 0.717) is 24.6 Å². The fourth-order valence-electron chi connectivity index (χ4n) is 7.37. The molecule has 0 aliphatic carbocycles. The highest BCUT2D eigenvalue weighted by molar-refractivity contribution is 6.31. The summed E-state index contributed by atoms with van der Waals surface area (Å²) in [5.74, 6) is 0.333. The first-order valence-corrected chi connectivity index (χ1v) is 20.5. The molecule has 1 saturated heterocycles. The molecule has 4 heterocycles. The van der Waals surface area contributed by atoms with Gasteiger partial charge in [0.2, 0.25) is 0 Å². The van der Waals surface area contributed by atoms with Gasteiger partial charge in [-0.1, -0.05) is 48.0 Å². The van der Waals surface area contributed by atoms with Crippen molar-refractivity contribution in [2.45, 2.75) is 57.7 Å². The highest BCUT2D eigenvalue weighted by Crippen LogP contribution is 2.25. The minimum Gasteiger partial charge on any atom is -0.484 e. The van der Waals surface area contributed by atoms with Crippen molar-refractivity contribution in [3.63, 3.8) is 0 Å². The Morgan fingerprint density at radius 1 is 0.717 bits per heavy atom. The molecule has 1 aliphatic rings. The van der Waals surface area contributed by atoms with Crippen LogP contribution >= 0.6 is 11.6 Å². The second-order valence-electron chi connectivity index (χ2n) is 15.0. The highest BCUT2D eigenvalue weighted by Gasteiger charge is 2.35. The number of amides is 3. The van der Waals surface area contributed by atoms with Crippen molar-refractivity contribution >= 4 is 41.0 Å². The van der Waals surface area contributed by atoms with Gasteiger partial charge in [-0.15, -0.1) is 0 Å². The normalized spacial score (nSPS) is 14.4. The summed E-state index contributed by atoms with van der Waals surface area (Å²) < 4.78 is 12.3. The van der Waals surface area contributed by atoms with Crippen LogP contribution < -0.4 is 36.9 Å². The molecule has 60 heavy (non-hydrogen) atoms. The average molecular weight is 836 g/mol. The molecule has 0 radical (unpaired) electrons. The van der Waals surface area contributed by atoms with E-state index in [1.807, 2.05) is 72.8 Å². The summed E-state index contributed by atoms with van der Waals surface area (Å²) in [6.45, 7) is 4.23. The van der Waals surface area contributed by atoms with Gasteiger partial charge in [0.05, 0.1) is 32.2 Å². The van der Waals surface area contributed by atoms with Crippen molar-refractivity contribution in [2.75, 3.05) is 50.9 Å². The number of nitrogens with zero attached hydrogens (tertiary/aromatic N) is 5. The number of pyridine rings is 2. The number of hydrogen-bond acceptors (Lipinski definition) is 11. The van der Waals surface area contributed by atoms with Crippen LogP contribution in [0.5, 0.6) is 11.5 Å². The molecule has 1 fully saturated rings. The third-order valence-electron chi connectivity index (χ3n) is 10.5. The number of halogens is 1. The summed E-state index contributed by atoms with van der Waals surface area (Å²) in [5.41, 5.74) is 15.9. The first kappa shape index (κ1) is 43.3. The van der Waals surface area contributed by atoms with Crippen LogP contribution in [-0.4, -0.2) is 87.6 Å². The van der Waals surface area contributed by atoms with Gasteiger partial charge in [-0.05, 0) is 84.3 Å². The lowest BCUT2D eigenvalue weighted by molar-refractivity contribution is -0.933. The quantitative estimate of drug-likeness (QED) is 0.0692. The average Bonchev–Trinajstić information content (AvgIpc) is 3.26. The highest BCUT2D eigenvalue weighted by atomic mass is 35.5. The fourth-order valence-corrected chi connectivity index (χ4v) is 7.50. The summed E-state index contributed by atoms with van der Waals surface area (Å²) >= 11 is 6.08. The van der Waals surface area contributed by atoms with E-state index < -0.39 is 5.91 Å². The number of likely N-dealkylation sites (tertiary alicyclic amines) is 1. The molecule has 3 aromatic heterocycles. The topological polar surface area (TPSA) is 209 Å². The van der Waals surface area contributed by atoms with Crippen molar-refractivity contribution in [3.05, 3.63) is 131 Å². The number of ether oxygens (including phenoxy) is 2. The monoisotopic (exact) mass is 835 g/mol. The predicted octanol–water partition coefficient (Wildman–Crippen LogP) is 4.45. The zero-order chi connectivity index (χ0) is 42.2. The van der Waals surface area contributed by atoms with Gasteiger partial charge in [-0.2, -0.15) is 0 Å². The Morgan fingerprint density at radius 2 is 1.25 bits per heavy atom. The lowest BCUT2D eigenvalue weighted by Gasteiger charge is -2.45. The fraction of sp³-hybridized carbons (Fsp3) is 0.341. The summed E-state index contributed by atoms with van der Waals surface area (Å²) in [7, 11) is 0. The number of nitrogens with two attached hydrogens (primary N) is 2. The van der Waals surface area contributed by atoms with E-state index >= 15 is 0 Å². The Kier molecular flexibility index (Phi) is 15.6. The predicted molar refractivity (Wildman–Crippen MR) is 229 cm³/mol. The standard InChI is InChI=1S/C44H51ClN10O5/c45-41-43(47)54-42(46)40(53-41)44(58)52-35-10-5-23-55(28-35,21-3-8-31-11-15-36(16-12-31)59-29-38(56)50-26-33-6-1-19-48-24-33)22-4-9-32-13-17-37(18-14-32)60-30-39(57)51-27-34-7-2-20-49-25-34/h1-2,6-7,11-20,24-25,35H,3-5,8-10,21-23,26-30H2,(H6-,46,47,50,51,52,54,56,57,58)/p+1. The molecule has 1 unspecified atom stereocenters. The first-order valence-electron chi connectivity index (χ1n) is 20.1. The van der Waals surface area contributed by atoms with E-state index in [4.69, 9.17) is 32.5 Å². The zero-order valence-electron chi connectivity index (χ0n) is 33.5. The maximum Gasteiger partial charge on any atom is 0.274 e. The number of anilines is 2. The van der Waals surface area contributed by atoms with Gasteiger partial charge in [-0.25, -0.2) is 9.97 Å². The lowest BCUT2D eigenvalue weighted by Crippen LogP contribution is -2.60. The molecular weight excluding hydrogens is 784 g/mol. The van der Waals surface area contributed by atoms with Crippen LogP contribution in [-0.2, 0) is 35.5 Å². The van der Waals surface area contributed by atoms with Gasteiger partial charge in [0.25, 0.3) is 17.7 Å². The van der Waals surface area contributed by atoms with E-state index in [-0.39, 0.29) is 53.6 Å². The molecule has 3 amide bonds. The molecule has 16 heteroatoms. The number of hydrogen-bond donors (Lipinski definition) is 5. The SMILES string of the molecule is Nc1nc(N)c(C(=O)NC2CCC[N+](CCCc3ccc(OCC(=O)NCc4cccnc4)cc3)(CCCc3ccc(OCC(=O)NCc4cccnc4)cc3)C2)nc1Cl. The van der Waals surface area contributed by atoms with Crippen LogP contribution in [0.2, 0.25) is 5.15 Å². The van der Waals surface area contributed by atoms with Crippen LogP contribution in [0.3, 0.4) is 0 Å². The van der Waals surface area contributed by atoms with Crippen LogP contribution in [0.4, 0.5) is 11.6 Å². The largest absolute Gasteiger partial charge is 0.484 e. The summed E-state index contributed by atoms with van der Waals surface area (Å²) in [5, 5.41) is 8.78. The molecule has 0 saturated carbocycles. The van der Waals surface area contributed by atoms with E-state index in [2.05, 4.69) is 35.9 Å². The number of nitrogens with one attached hydrogen (secondary N) is 3. The molecule has 1 aliphatic heterocycles. The second-order valence-corrected chi connectivity index (χ2v) is 15.3. The second kappa shape index (κ2) is 21.6. The van der Waals surface area contributed by atoms with Crippen LogP contribution in [0.15, 0.2) is 97.6 Å². The van der Waals surface area contributed by atoms with Crippen molar-refractivity contribution in [3.8, 4) is 11.5 Å². The molecule has 2 aromatic carbocycles. The Hall–Kier alpha value is -6.32. The summed E-state index contributed by atoms with van der Waals surface area (Å²) in [6, 6.07) is 23.1. The third kappa shape index (κ3) is 13.4. The molecule has 15 nitrogen and oxygen atoms in total. The third-order valence-corrected chi connectivity index (χ3v) is 10.7. The molecule has 1 atom stereocenters. The van der Waals surface area contributed by atoms with Gasteiger partial charge in [-0.3, -0.25) is 24.4 Å². The molecule has 6 rings (SSSR count). The number of carbonyl (C=O) groups is 3. The number of quaternary nitrogens is 1. The number of aromatic nitrogens is 4. The Balaban J connectivity index is 1.01. The summed E-state index contributed by atoms with van der Waals surface area (Å²) in [4.78, 5) is 54.2. The zero-order valence-corrected chi connectivity index (χ0v) is 34.3. The van der Waals surface area contributed by atoms with Crippen LogP contribution in [0, 0.1) is 0 Å². The van der Waals surface area contributed by atoms with Gasteiger partial charge < -0.3 is 41.4 Å². The molecule has 5 aromatic rings. The Morgan fingerprint density at radius 3 is 1.75 bits per heavy atom. The molecule has 314 valence electrons. The number of piperidine rings is 1. The maximum absolute atomic E-state index is 13.3. The smallest absolute Gasteiger partial charge is 0.274 e. The maximum atomic E-state index is 13.3. The summed E-state index contributed by atoms with van der Waals surface area (Å²) in [6.07, 6.45) is 12.2.